The molecule has 0 radical (unpaired) electrons. The van der Waals surface area contributed by atoms with Gasteiger partial charge in [0, 0.05) is 11.3 Å². The summed E-state index contributed by atoms with van der Waals surface area (Å²) in [5.41, 5.74) is 7.03. The maximum Gasteiger partial charge on any atom is 0.255 e. The van der Waals surface area contributed by atoms with E-state index in [0.29, 0.717) is 17.1 Å². The quantitative estimate of drug-likeness (QED) is 0.723. The van der Waals surface area contributed by atoms with E-state index in [2.05, 4.69) is 10.1 Å². The van der Waals surface area contributed by atoms with Crippen LogP contribution < -0.4 is 5.73 Å². The maximum atomic E-state index is 9.23. The summed E-state index contributed by atoms with van der Waals surface area (Å²) in [5, 5.41) is 13.0. The third kappa shape index (κ3) is 1.82. The van der Waals surface area contributed by atoms with Gasteiger partial charge >= 0.3 is 0 Å². The molecule has 0 aliphatic heterocycles. The Bertz CT molecular complexity index is 465. The number of rotatable bonds is 2. The molecule has 2 aromatic rings. The largest absolute Gasteiger partial charge is 0.398 e. The minimum atomic E-state index is -0.767. The predicted octanol–water partition coefficient (Wildman–Crippen LogP) is 1.37. The van der Waals surface area contributed by atoms with Gasteiger partial charge in [0.15, 0.2) is 0 Å². The lowest BCUT2D eigenvalue weighted by Crippen LogP contribution is -1.92. The van der Waals surface area contributed by atoms with Crippen molar-refractivity contribution in [2.45, 2.75) is 13.0 Å². The fourth-order valence-corrected chi connectivity index (χ4v) is 1.21. The Morgan fingerprint density at radius 1 is 1.40 bits per heavy atom. The van der Waals surface area contributed by atoms with E-state index < -0.39 is 6.10 Å². The van der Waals surface area contributed by atoms with E-state index in [9.17, 15) is 5.11 Å². The lowest BCUT2D eigenvalue weighted by molar-refractivity contribution is 0.152. The molecule has 0 unspecified atom stereocenters. The van der Waals surface area contributed by atoms with E-state index in [1.807, 2.05) is 12.1 Å². The minimum absolute atomic E-state index is 0.188. The Labute approximate surface area is 86.5 Å². The van der Waals surface area contributed by atoms with Crippen LogP contribution in [0.4, 0.5) is 5.69 Å². The molecule has 5 nitrogen and oxygen atoms in total. The second kappa shape index (κ2) is 3.70. The van der Waals surface area contributed by atoms with Gasteiger partial charge in [0.05, 0.1) is 0 Å². The van der Waals surface area contributed by atoms with Crippen molar-refractivity contribution in [1.29, 1.82) is 0 Å². The second-order valence-electron chi connectivity index (χ2n) is 3.22. The van der Waals surface area contributed by atoms with Crippen LogP contribution >= 0.6 is 0 Å². The van der Waals surface area contributed by atoms with Crippen molar-refractivity contribution in [3.63, 3.8) is 0 Å². The number of para-hydroxylation sites is 1. The molecule has 2 rings (SSSR count). The Morgan fingerprint density at radius 3 is 2.73 bits per heavy atom. The van der Waals surface area contributed by atoms with E-state index in [1.165, 1.54) is 0 Å². The zero-order chi connectivity index (χ0) is 10.8. The van der Waals surface area contributed by atoms with Crippen molar-refractivity contribution >= 4 is 5.69 Å². The summed E-state index contributed by atoms with van der Waals surface area (Å²) in [5.74, 6) is 0.581. The molecule has 0 aliphatic rings. The van der Waals surface area contributed by atoms with Crippen LogP contribution in [-0.2, 0) is 0 Å². The number of aromatic nitrogens is 2. The van der Waals surface area contributed by atoms with Crippen molar-refractivity contribution in [3.05, 3.63) is 30.2 Å². The van der Waals surface area contributed by atoms with E-state index in [0.717, 1.165) is 0 Å². The van der Waals surface area contributed by atoms with Gasteiger partial charge in [0.2, 0.25) is 5.82 Å². The van der Waals surface area contributed by atoms with Crippen LogP contribution in [0, 0.1) is 0 Å². The molecule has 1 aromatic carbocycles. The van der Waals surface area contributed by atoms with Gasteiger partial charge in [-0.1, -0.05) is 17.3 Å². The van der Waals surface area contributed by atoms with Crippen LogP contribution in [0.3, 0.4) is 0 Å². The molecule has 0 amide bonds. The lowest BCUT2D eigenvalue weighted by atomic mass is 10.2. The van der Waals surface area contributed by atoms with Crippen LogP contribution in [-0.4, -0.2) is 15.2 Å². The van der Waals surface area contributed by atoms with Crippen molar-refractivity contribution in [3.8, 4) is 11.4 Å². The van der Waals surface area contributed by atoms with Crippen molar-refractivity contribution in [2.24, 2.45) is 0 Å². The summed E-state index contributed by atoms with van der Waals surface area (Å²) in [6, 6.07) is 7.22. The fourth-order valence-electron chi connectivity index (χ4n) is 1.21. The number of nitrogens with two attached hydrogens (primary N) is 1. The minimum Gasteiger partial charge on any atom is -0.398 e. The molecule has 0 saturated heterocycles. The molecule has 0 bridgehead atoms. The summed E-state index contributed by atoms with van der Waals surface area (Å²) in [6.07, 6.45) is -0.767. The van der Waals surface area contributed by atoms with Gasteiger partial charge in [-0.3, -0.25) is 0 Å². The molecule has 1 aromatic heterocycles. The van der Waals surface area contributed by atoms with Gasteiger partial charge in [-0.05, 0) is 19.1 Å². The van der Waals surface area contributed by atoms with Crippen LogP contribution in [0.1, 0.15) is 18.9 Å². The number of nitrogen functional groups attached to an aromatic ring is 1. The summed E-state index contributed by atoms with van der Waals surface area (Å²) in [4.78, 5) is 4.03. The van der Waals surface area contributed by atoms with Gasteiger partial charge < -0.3 is 15.4 Å². The normalized spacial score (nSPS) is 12.7. The van der Waals surface area contributed by atoms with Gasteiger partial charge in [0.25, 0.3) is 5.89 Å². The fraction of sp³-hybridized carbons (Fsp3) is 0.200. The average molecular weight is 205 g/mol. The number of hydrogen-bond donors (Lipinski definition) is 2. The third-order valence-corrected chi connectivity index (χ3v) is 2.00. The third-order valence-electron chi connectivity index (χ3n) is 2.00. The molecule has 0 saturated carbocycles. The number of benzene rings is 1. The van der Waals surface area contributed by atoms with Crippen LogP contribution in [0.15, 0.2) is 28.8 Å². The molecule has 1 heterocycles. The van der Waals surface area contributed by atoms with Crippen molar-refractivity contribution in [2.75, 3.05) is 5.73 Å². The zero-order valence-corrected chi connectivity index (χ0v) is 8.21. The number of anilines is 1. The van der Waals surface area contributed by atoms with Crippen molar-refractivity contribution in [1.82, 2.24) is 10.1 Å². The molecule has 1 atom stereocenters. The highest BCUT2D eigenvalue weighted by atomic mass is 16.5. The number of hydrogen-bond acceptors (Lipinski definition) is 5. The standard InChI is InChI=1S/C10H11N3O2/c1-6(14)10-12-9(13-15-10)7-4-2-3-5-8(7)11/h2-6,14H,11H2,1H3/t6-/m0/s1. The summed E-state index contributed by atoms with van der Waals surface area (Å²) in [6.45, 7) is 1.56. The molecule has 78 valence electrons. The highest BCUT2D eigenvalue weighted by molar-refractivity contribution is 5.70. The first kappa shape index (κ1) is 9.67. The van der Waals surface area contributed by atoms with Crippen molar-refractivity contribution < 1.29 is 9.63 Å². The number of aliphatic hydroxyl groups is 1. The maximum absolute atomic E-state index is 9.23. The van der Waals surface area contributed by atoms with Gasteiger partial charge in [-0.2, -0.15) is 4.98 Å². The molecule has 3 N–H and O–H groups in total. The highest BCUT2D eigenvalue weighted by Crippen LogP contribution is 2.23. The molecule has 5 heteroatoms. The van der Waals surface area contributed by atoms with E-state index >= 15 is 0 Å². The lowest BCUT2D eigenvalue weighted by Gasteiger charge is -1.98. The summed E-state index contributed by atoms with van der Waals surface area (Å²) < 4.78 is 4.87. The molecular weight excluding hydrogens is 194 g/mol. The molecule has 15 heavy (non-hydrogen) atoms. The average Bonchev–Trinajstić information content (AvgIpc) is 2.67. The highest BCUT2D eigenvalue weighted by Gasteiger charge is 2.13. The monoisotopic (exact) mass is 205 g/mol. The molecular formula is C10H11N3O2. The SMILES string of the molecule is C[C@H](O)c1nc(-c2ccccc2N)no1. The summed E-state index contributed by atoms with van der Waals surface area (Å²) >= 11 is 0. The van der Waals surface area contributed by atoms with E-state index in [-0.39, 0.29) is 5.89 Å². The van der Waals surface area contributed by atoms with E-state index in [1.54, 1.807) is 19.1 Å². The smallest absolute Gasteiger partial charge is 0.255 e. The Balaban J connectivity index is 2.42. The van der Waals surface area contributed by atoms with Gasteiger partial charge in [-0.25, -0.2) is 0 Å². The first-order chi connectivity index (χ1) is 7.18. The first-order valence-corrected chi connectivity index (χ1v) is 4.55. The Morgan fingerprint density at radius 2 is 2.13 bits per heavy atom. The molecule has 0 aliphatic carbocycles. The molecule has 0 fully saturated rings. The molecule has 0 spiro atoms. The first-order valence-electron chi connectivity index (χ1n) is 4.55. The number of aliphatic hydroxyl groups excluding tert-OH is 1. The van der Waals surface area contributed by atoms with Crippen LogP contribution in [0.2, 0.25) is 0 Å². The van der Waals surface area contributed by atoms with E-state index in [4.69, 9.17) is 10.3 Å². The zero-order valence-electron chi connectivity index (χ0n) is 8.21. The van der Waals surface area contributed by atoms with Gasteiger partial charge in [0.1, 0.15) is 6.10 Å². The van der Waals surface area contributed by atoms with Crippen LogP contribution in [0.5, 0.6) is 0 Å². The van der Waals surface area contributed by atoms with Crippen LogP contribution in [0.25, 0.3) is 11.4 Å². The van der Waals surface area contributed by atoms with Gasteiger partial charge in [-0.15, -0.1) is 0 Å². The Kier molecular flexibility index (Phi) is 2.39. The summed E-state index contributed by atoms with van der Waals surface area (Å²) in [7, 11) is 0. The topological polar surface area (TPSA) is 85.2 Å². The Hall–Kier alpha value is -1.88. The second-order valence-corrected chi connectivity index (χ2v) is 3.22. The number of nitrogens with zero attached hydrogens (tertiary/aromatic N) is 2. The predicted molar refractivity (Wildman–Crippen MR) is 54.8 cm³/mol.